The molecule has 0 aromatic heterocycles. The molecule has 1 fully saturated rings. The predicted molar refractivity (Wildman–Crippen MR) is 59.9 cm³/mol. The number of hydrogen-bond acceptors (Lipinski definition) is 3. The van der Waals surface area contributed by atoms with Crippen LogP contribution in [0.1, 0.15) is 34.1 Å². The topological polar surface area (TPSA) is 44.6 Å². The zero-order valence-electron chi connectivity index (χ0n) is 9.37. The molecule has 0 aromatic rings. The van der Waals surface area contributed by atoms with Crippen LogP contribution in [0.3, 0.4) is 0 Å². The van der Waals surface area contributed by atoms with Crippen molar-refractivity contribution in [1.82, 2.24) is 0 Å². The molecule has 0 radical (unpaired) electrons. The monoisotopic (exact) mass is 217 g/mol. The van der Waals surface area contributed by atoms with E-state index in [2.05, 4.69) is 11.3 Å². The van der Waals surface area contributed by atoms with Crippen LogP contribution in [0.25, 0.3) is 0 Å². The Bertz CT molecular complexity index is 223. The molecule has 1 aliphatic rings. The van der Waals surface area contributed by atoms with Crippen LogP contribution in [0, 0.1) is 5.92 Å². The van der Waals surface area contributed by atoms with Crippen LogP contribution in [-0.2, 0) is 16.1 Å². The van der Waals surface area contributed by atoms with E-state index in [1.807, 2.05) is 20.8 Å². The third-order valence-electron chi connectivity index (χ3n) is 2.24. The van der Waals surface area contributed by atoms with Gasteiger partial charge in [0.1, 0.15) is 16.1 Å². The van der Waals surface area contributed by atoms with E-state index in [9.17, 15) is 4.55 Å². The predicted octanol–water partition coefficient (Wildman–Crippen LogP) is 1.95. The zero-order chi connectivity index (χ0) is 10.8. The summed E-state index contributed by atoms with van der Waals surface area (Å²) < 4.78 is 21.0. The van der Waals surface area contributed by atoms with Gasteiger partial charge >= 0.3 is 0 Å². The van der Waals surface area contributed by atoms with Gasteiger partial charge in [-0.3, -0.25) is 0 Å². The van der Waals surface area contributed by atoms with E-state index in [4.69, 9.17) is 4.74 Å². The number of nitrogens with zero attached hydrogens (tertiary/aromatic N) is 1. The molecule has 1 saturated heterocycles. The number of hydrogen-bond donors (Lipinski definition) is 0. The molecule has 1 unspecified atom stereocenters. The van der Waals surface area contributed by atoms with Gasteiger partial charge in [-0.2, -0.15) is 0 Å². The summed E-state index contributed by atoms with van der Waals surface area (Å²) in [5.41, 5.74) is 0.949. The summed E-state index contributed by atoms with van der Waals surface area (Å²) in [6.07, 6.45) is 0.986. The smallest absolute Gasteiger partial charge is 0.144 e. The van der Waals surface area contributed by atoms with Gasteiger partial charge in [0, 0.05) is 12.5 Å². The molecule has 1 aliphatic heterocycles. The van der Waals surface area contributed by atoms with E-state index in [0.29, 0.717) is 12.5 Å². The van der Waals surface area contributed by atoms with Gasteiger partial charge in [0.05, 0.1) is 12.3 Å². The summed E-state index contributed by atoms with van der Waals surface area (Å²) in [7, 11) is 0. The maximum Gasteiger partial charge on any atom is 0.144 e. The van der Waals surface area contributed by atoms with Crippen molar-refractivity contribution in [2.45, 2.75) is 38.9 Å². The Hall–Kier alpha value is -0.0600. The highest BCUT2D eigenvalue weighted by Crippen LogP contribution is 2.20. The Morgan fingerprint density at radius 3 is 2.64 bits per heavy atom. The fourth-order valence-electron chi connectivity index (χ4n) is 1.11. The zero-order valence-corrected chi connectivity index (χ0v) is 10.2. The van der Waals surface area contributed by atoms with Crippen LogP contribution in [0.5, 0.6) is 0 Å². The molecular formula is C10H19NO2S. The van der Waals surface area contributed by atoms with Crippen molar-refractivity contribution >= 4 is 17.1 Å². The van der Waals surface area contributed by atoms with E-state index < -0.39 is 11.4 Å². The van der Waals surface area contributed by atoms with Gasteiger partial charge in [-0.15, -0.1) is 0 Å². The largest absolute Gasteiger partial charge is 0.591 e. The SMILES string of the molecule is C[C@H]1CCOCC1=N[S+]([O-])C(C)(C)C. The summed E-state index contributed by atoms with van der Waals surface area (Å²) in [6.45, 7) is 9.25. The molecule has 0 bridgehead atoms. The van der Waals surface area contributed by atoms with Gasteiger partial charge in [0.25, 0.3) is 0 Å². The third-order valence-corrected chi connectivity index (χ3v) is 3.69. The second-order valence-corrected chi connectivity index (χ2v) is 6.59. The second kappa shape index (κ2) is 4.64. The highest BCUT2D eigenvalue weighted by Gasteiger charge is 2.29. The van der Waals surface area contributed by atoms with Gasteiger partial charge in [-0.1, -0.05) is 11.3 Å². The molecule has 0 aromatic carbocycles. The molecule has 4 heteroatoms. The molecule has 0 amide bonds. The molecule has 3 nitrogen and oxygen atoms in total. The van der Waals surface area contributed by atoms with Crippen molar-refractivity contribution in [2.24, 2.45) is 10.3 Å². The molecule has 0 aliphatic carbocycles. The summed E-state index contributed by atoms with van der Waals surface area (Å²) in [5.74, 6) is 0.412. The van der Waals surface area contributed by atoms with Crippen molar-refractivity contribution in [2.75, 3.05) is 13.2 Å². The Balaban J connectivity index is 2.66. The normalized spacial score (nSPS) is 29.2. The lowest BCUT2D eigenvalue weighted by molar-refractivity contribution is 0.141. The Morgan fingerprint density at radius 1 is 1.50 bits per heavy atom. The van der Waals surface area contributed by atoms with Crippen LogP contribution >= 0.6 is 0 Å². The quantitative estimate of drug-likeness (QED) is 0.630. The minimum Gasteiger partial charge on any atom is -0.591 e. The van der Waals surface area contributed by atoms with E-state index >= 15 is 0 Å². The van der Waals surface area contributed by atoms with Crippen LogP contribution in [0.2, 0.25) is 0 Å². The average Bonchev–Trinajstić information content (AvgIpc) is 2.07. The minimum atomic E-state index is -1.15. The lowest BCUT2D eigenvalue weighted by Crippen LogP contribution is -2.31. The first-order valence-electron chi connectivity index (χ1n) is 4.98. The van der Waals surface area contributed by atoms with Gasteiger partial charge < -0.3 is 9.29 Å². The lowest BCUT2D eigenvalue weighted by atomic mass is 10.0. The highest BCUT2D eigenvalue weighted by molar-refractivity contribution is 7.91. The Labute approximate surface area is 89.3 Å². The van der Waals surface area contributed by atoms with Crippen molar-refractivity contribution in [3.63, 3.8) is 0 Å². The Kier molecular flexibility index (Phi) is 3.98. The van der Waals surface area contributed by atoms with Crippen LogP contribution in [0.4, 0.5) is 0 Å². The molecule has 0 spiro atoms. The number of ether oxygens (including phenoxy) is 1. The molecule has 1 rings (SSSR count). The van der Waals surface area contributed by atoms with Crippen LogP contribution in [-0.4, -0.2) is 28.2 Å². The van der Waals surface area contributed by atoms with Gasteiger partial charge in [-0.05, 0) is 27.2 Å². The second-order valence-electron chi connectivity index (χ2n) is 4.69. The standard InChI is InChI=1S/C10H19NO2S/c1-8-5-6-13-7-9(8)11-14(12)10(2,3)4/h8H,5-7H2,1-4H3/t8-,14?/m0/s1. The molecule has 1 heterocycles. The van der Waals surface area contributed by atoms with E-state index in [1.54, 1.807) is 0 Å². The summed E-state index contributed by atoms with van der Waals surface area (Å²) in [5, 5.41) is 0. The third kappa shape index (κ3) is 3.26. The van der Waals surface area contributed by atoms with E-state index in [-0.39, 0.29) is 4.75 Å². The molecular weight excluding hydrogens is 198 g/mol. The van der Waals surface area contributed by atoms with Gasteiger partial charge in [0.2, 0.25) is 0 Å². The fourth-order valence-corrected chi connectivity index (χ4v) is 1.82. The molecule has 14 heavy (non-hydrogen) atoms. The average molecular weight is 217 g/mol. The minimum absolute atomic E-state index is 0.274. The van der Waals surface area contributed by atoms with Crippen LogP contribution < -0.4 is 0 Å². The summed E-state index contributed by atoms with van der Waals surface area (Å²) >= 11 is -1.15. The summed E-state index contributed by atoms with van der Waals surface area (Å²) in [4.78, 5) is 0. The van der Waals surface area contributed by atoms with Crippen molar-refractivity contribution in [1.29, 1.82) is 0 Å². The van der Waals surface area contributed by atoms with Crippen molar-refractivity contribution in [3.8, 4) is 0 Å². The van der Waals surface area contributed by atoms with Crippen LogP contribution in [0.15, 0.2) is 4.40 Å². The van der Waals surface area contributed by atoms with E-state index in [0.717, 1.165) is 18.7 Å². The first-order valence-corrected chi connectivity index (χ1v) is 6.09. The fraction of sp³-hybridized carbons (Fsp3) is 0.900. The summed E-state index contributed by atoms with van der Waals surface area (Å²) in [6, 6.07) is 0. The first kappa shape index (κ1) is 12.0. The van der Waals surface area contributed by atoms with E-state index in [1.165, 1.54) is 0 Å². The Morgan fingerprint density at radius 2 is 2.14 bits per heavy atom. The van der Waals surface area contributed by atoms with Gasteiger partial charge in [-0.25, -0.2) is 0 Å². The molecule has 2 atom stereocenters. The lowest BCUT2D eigenvalue weighted by Gasteiger charge is -2.23. The number of rotatable bonds is 1. The maximum absolute atomic E-state index is 11.7. The maximum atomic E-state index is 11.7. The van der Waals surface area contributed by atoms with Crippen molar-refractivity contribution in [3.05, 3.63) is 0 Å². The van der Waals surface area contributed by atoms with Crippen molar-refractivity contribution < 1.29 is 9.29 Å². The first-order chi connectivity index (χ1) is 6.41. The molecule has 82 valence electrons. The van der Waals surface area contributed by atoms with Gasteiger partial charge in [0.15, 0.2) is 0 Å². The molecule has 0 N–H and O–H groups in total. The highest BCUT2D eigenvalue weighted by atomic mass is 32.2. The molecule has 0 saturated carbocycles.